The number of ether oxygens (including phenoxy) is 1. The summed E-state index contributed by atoms with van der Waals surface area (Å²) in [5.74, 6) is -2.15. The van der Waals surface area contributed by atoms with Crippen LogP contribution in [-0.2, 0) is 9.53 Å². The second kappa shape index (κ2) is 5.94. The van der Waals surface area contributed by atoms with Gasteiger partial charge in [0, 0.05) is 6.54 Å². The van der Waals surface area contributed by atoms with Gasteiger partial charge in [0.15, 0.2) is 0 Å². The monoisotopic (exact) mass is 280 g/mol. The molecule has 0 saturated carbocycles. The van der Waals surface area contributed by atoms with E-state index in [0.29, 0.717) is 0 Å². The molecule has 1 rings (SSSR count). The van der Waals surface area contributed by atoms with Crippen molar-refractivity contribution in [3.05, 3.63) is 12.7 Å². The predicted octanol–water partition coefficient (Wildman–Crippen LogP) is 1.31. The van der Waals surface area contributed by atoms with Gasteiger partial charge in [-0.05, 0) is 6.42 Å². The Balaban J connectivity index is 2.63. The molecule has 19 heavy (non-hydrogen) atoms. The number of carbonyl (C=O) groups is 2. The molecule has 0 aromatic rings. The van der Waals surface area contributed by atoms with Crippen LogP contribution in [-0.4, -0.2) is 49.3 Å². The molecule has 0 aromatic carbocycles. The Labute approximate surface area is 108 Å². The molecule has 2 amide bonds. The summed E-state index contributed by atoms with van der Waals surface area (Å²) < 4.78 is 42.1. The summed E-state index contributed by atoms with van der Waals surface area (Å²) in [4.78, 5) is 23.6. The molecule has 0 bridgehead atoms. The normalized spacial score (nSPS) is 23.1. The molecule has 0 aromatic heterocycles. The largest absolute Gasteiger partial charge is 0.453 e. The molecule has 1 heterocycles. The first kappa shape index (κ1) is 15.3. The van der Waals surface area contributed by atoms with Crippen molar-refractivity contribution in [1.29, 1.82) is 0 Å². The van der Waals surface area contributed by atoms with Crippen LogP contribution in [0.4, 0.5) is 18.0 Å². The molecule has 8 heteroatoms. The minimum absolute atomic E-state index is 0.197. The summed E-state index contributed by atoms with van der Waals surface area (Å²) in [5, 5.41) is 2.14. The van der Waals surface area contributed by atoms with Crippen molar-refractivity contribution in [2.24, 2.45) is 5.92 Å². The van der Waals surface area contributed by atoms with Gasteiger partial charge in [0.2, 0.25) is 5.91 Å². The van der Waals surface area contributed by atoms with Crippen molar-refractivity contribution >= 4 is 12.0 Å². The third kappa shape index (κ3) is 3.87. The van der Waals surface area contributed by atoms with Gasteiger partial charge in [-0.2, -0.15) is 13.2 Å². The number of alkyl carbamates (subject to hydrolysis) is 1. The Morgan fingerprint density at radius 2 is 2.16 bits per heavy atom. The molecule has 1 aliphatic rings. The van der Waals surface area contributed by atoms with Crippen molar-refractivity contribution in [3.63, 3.8) is 0 Å². The highest BCUT2D eigenvalue weighted by Crippen LogP contribution is 2.36. The van der Waals surface area contributed by atoms with Gasteiger partial charge >= 0.3 is 12.3 Å². The summed E-state index contributed by atoms with van der Waals surface area (Å²) >= 11 is 0. The van der Waals surface area contributed by atoms with Crippen LogP contribution in [0.25, 0.3) is 0 Å². The first-order chi connectivity index (χ1) is 8.79. The van der Waals surface area contributed by atoms with E-state index in [0.717, 1.165) is 12.0 Å². The van der Waals surface area contributed by atoms with E-state index in [1.807, 2.05) is 0 Å². The maximum atomic E-state index is 12.6. The topological polar surface area (TPSA) is 58.6 Å². The molecule has 5 nitrogen and oxygen atoms in total. The van der Waals surface area contributed by atoms with E-state index in [-0.39, 0.29) is 6.42 Å². The summed E-state index contributed by atoms with van der Waals surface area (Å²) in [6.45, 7) is 2.61. The van der Waals surface area contributed by atoms with Gasteiger partial charge in [0.1, 0.15) is 6.54 Å². The van der Waals surface area contributed by atoms with E-state index in [4.69, 9.17) is 0 Å². The lowest BCUT2D eigenvalue weighted by Gasteiger charge is -2.22. The summed E-state index contributed by atoms with van der Waals surface area (Å²) in [7, 11) is 1.13. The van der Waals surface area contributed by atoms with Gasteiger partial charge in [-0.25, -0.2) is 4.79 Å². The molecule has 1 fully saturated rings. The van der Waals surface area contributed by atoms with Gasteiger partial charge in [-0.1, -0.05) is 6.08 Å². The van der Waals surface area contributed by atoms with Crippen molar-refractivity contribution in [2.45, 2.75) is 18.6 Å². The van der Waals surface area contributed by atoms with Crippen LogP contribution in [0.1, 0.15) is 6.42 Å². The third-order valence-corrected chi connectivity index (χ3v) is 2.97. The third-order valence-electron chi connectivity index (χ3n) is 2.97. The average Bonchev–Trinajstić information content (AvgIpc) is 2.79. The standard InChI is InChI=1S/C11H15F3N2O3/c1-3-8-4-7(11(12,13)14)6-16(8)9(17)5-15-10(18)19-2/h3,7-8H,1,4-6H2,2H3,(H,15,18)/t7-,8-/m1/s1. The number of hydrogen-bond acceptors (Lipinski definition) is 3. The number of alkyl halides is 3. The maximum absolute atomic E-state index is 12.6. The summed E-state index contributed by atoms with van der Waals surface area (Å²) in [6.07, 6.45) is -4.04. The van der Waals surface area contributed by atoms with Crippen molar-refractivity contribution < 1.29 is 27.5 Å². The van der Waals surface area contributed by atoms with Crippen molar-refractivity contribution in [1.82, 2.24) is 10.2 Å². The Bertz CT molecular complexity index is 371. The maximum Gasteiger partial charge on any atom is 0.407 e. The molecule has 0 aliphatic carbocycles. The molecular weight excluding hydrogens is 265 g/mol. The number of methoxy groups -OCH3 is 1. The smallest absolute Gasteiger partial charge is 0.407 e. The number of hydrogen-bond donors (Lipinski definition) is 1. The van der Waals surface area contributed by atoms with Gasteiger partial charge in [0.05, 0.1) is 19.1 Å². The Morgan fingerprint density at radius 3 is 2.63 bits per heavy atom. The van der Waals surface area contributed by atoms with Crippen LogP contribution in [0, 0.1) is 5.92 Å². The molecule has 2 atom stereocenters. The number of likely N-dealkylation sites (tertiary alicyclic amines) is 1. The Morgan fingerprint density at radius 1 is 1.53 bits per heavy atom. The minimum Gasteiger partial charge on any atom is -0.453 e. The van der Waals surface area contributed by atoms with Crippen LogP contribution in [0.15, 0.2) is 12.7 Å². The number of amides is 2. The highest BCUT2D eigenvalue weighted by molar-refractivity contribution is 5.82. The first-order valence-corrected chi connectivity index (χ1v) is 5.60. The van der Waals surface area contributed by atoms with E-state index in [1.54, 1.807) is 0 Å². The quantitative estimate of drug-likeness (QED) is 0.793. The molecule has 1 saturated heterocycles. The van der Waals surface area contributed by atoms with E-state index in [2.05, 4.69) is 16.6 Å². The zero-order valence-corrected chi connectivity index (χ0v) is 10.4. The van der Waals surface area contributed by atoms with Gasteiger partial charge < -0.3 is 15.0 Å². The lowest BCUT2D eigenvalue weighted by molar-refractivity contribution is -0.171. The first-order valence-electron chi connectivity index (χ1n) is 5.60. The SMILES string of the molecule is C=C[C@@H]1C[C@@H](C(F)(F)F)CN1C(=O)CNC(=O)OC. The van der Waals surface area contributed by atoms with E-state index >= 15 is 0 Å². The lowest BCUT2D eigenvalue weighted by Crippen LogP contribution is -2.42. The van der Waals surface area contributed by atoms with E-state index in [1.165, 1.54) is 6.08 Å². The van der Waals surface area contributed by atoms with Crippen LogP contribution in [0.3, 0.4) is 0 Å². The fourth-order valence-corrected chi connectivity index (χ4v) is 1.93. The Hall–Kier alpha value is -1.73. The van der Waals surface area contributed by atoms with Crippen LogP contribution in [0.2, 0.25) is 0 Å². The number of nitrogens with zero attached hydrogens (tertiary/aromatic N) is 1. The molecule has 0 spiro atoms. The number of rotatable bonds is 3. The van der Waals surface area contributed by atoms with Gasteiger partial charge in [-0.3, -0.25) is 4.79 Å². The second-order valence-corrected chi connectivity index (χ2v) is 4.17. The predicted molar refractivity (Wildman–Crippen MR) is 60.3 cm³/mol. The van der Waals surface area contributed by atoms with Crippen molar-refractivity contribution in [3.8, 4) is 0 Å². The number of carbonyl (C=O) groups excluding carboxylic acids is 2. The zero-order chi connectivity index (χ0) is 14.6. The molecule has 0 unspecified atom stereocenters. The van der Waals surface area contributed by atoms with Crippen LogP contribution >= 0.6 is 0 Å². The van der Waals surface area contributed by atoms with Crippen LogP contribution in [0.5, 0.6) is 0 Å². The molecule has 1 N–H and O–H groups in total. The zero-order valence-electron chi connectivity index (χ0n) is 10.4. The van der Waals surface area contributed by atoms with Crippen molar-refractivity contribution in [2.75, 3.05) is 20.2 Å². The van der Waals surface area contributed by atoms with Crippen LogP contribution < -0.4 is 5.32 Å². The van der Waals surface area contributed by atoms with E-state index in [9.17, 15) is 22.8 Å². The van der Waals surface area contributed by atoms with E-state index < -0.39 is 43.2 Å². The highest BCUT2D eigenvalue weighted by Gasteiger charge is 2.47. The molecule has 0 radical (unpaired) electrons. The number of halogens is 3. The number of nitrogens with one attached hydrogen (secondary N) is 1. The minimum atomic E-state index is -4.34. The molecule has 1 aliphatic heterocycles. The molecular formula is C11H15F3N2O3. The Kier molecular flexibility index (Phi) is 4.79. The fourth-order valence-electron chi connectivity index (χ4n) is 1.93. The van der Waals surface area contributed by atoms with Gasteiger partial charge in [-0.15, -0.1) is 6.58 Å². The van der Waals surface area contributed by atoms with Gasteiger partial charge in [0.25, 0.3) is 0 Å². The highest BCUT2D eigenvalue weighted by atomic mass is 19.4. The lowest BCUT2D eigenvalue weighted by atomic mass is 10.1. The fraction of sp³-hybridized carbons (Fsp3) is 0.636. The summed E-state index contributed by atoms with van der Waals surface area (Å²) in [6, 6.07) is -0.668. The summed E-state index contributed by atoms with van der Waals surface area (Å²) in [5.41, 5.74) is 0. The average molecular weight is 280 g/mol. The molecule has 108 valence electrons. The second-order valence-electron chi connectivity index (χ2n) is 4.17.